The van der Waals surface area contributed by atoms with Crippen molar-refractivity contribution in [2.24, 2.45) is 5.10 Å². The number of sulfonamides is 1. The van der Waals surface area contributed by atoms with Gasteiger partial charge in [-0.25, -0.2) is 8.42 Å². The number of hydrazone groups is 1. The van der Waals surface area contributed by atoms with E-state index in [0.29, 0.717) is 15.8 Å². The van der Waals surface area contributed by atoms with E-state index in [0.717, 1.165) is 10.9 Å². The van der Waals surface area contributed by atoms with E-state index < -0.39 is 20.6 Å². The van der Waals surface area contributed by atoms with Gasteiger partial charge in [-0.1, -0.05) is 23.7 Å². The molecule has 0 bridgehead atoms. The number of ether oxygens (including phenoxy) is 1. The highest BCUT2D eigenvalue weighted by molar-refractivity contribution is 7.92. The van der Waals surface area contributed by atoms with Gasteiger partial charge in [0, 0.05) is 6.07 Å². The molecule has 0 saturated heterocycles. The van der Waals surface area contributed by atoms with Gasteiger partial charge >= 0.3 is 0 Å². The fourth-order valence-electron chi connectivity index (χ4n) is 2.56. The molecule has 12 heteroatoms. The van der Waals surface area contributed by atoms with Gasteiger partial charge in [0.05, 0.1) is 37.5 Å². The van der Waals surface area contributed by atoms with Gasteiger partial charge in [-0.2, -0.15) is 5.10 Å². The Kier molecular flexibility index (Phi) is 6.78. The molecule has 9 nitrogen and oxygen atoms in total. The Bertz CT molecular complexity index is 1260. The molecule has 0 aliphatic heterocycles. The van der Waals surface area contributed by atoms with E-state index in [2.05, 4.69) is 15.2 Å². The number of halogens is 1. The quantitative estimate of drug-likeness (QED) is 0.267. The minimum atomic E-state index is -4.10. The Morgan fingerprint density at radius 3 is 2.55 bits per heavy atom. The topological polar surface area (TPSA) is 123 Å². The summed E-state index contributed by atoms with van der Waals surface area (Å²) in [7, 11) is -2.69. The van der Waals surface area contributed by atoms with Gasteiger partial charge in [0.1, 0.15) is 11.4 Å². The molecular weight excluding hydrogens is 464 g/mol. The van der Waals surface area contributed by atoms with Crippen LogP contribution in [-0.2, 0) is 10.0 Å². The fraction of sp³-hybridized carbons (Fsp3) is 0.105. The van der Waals surface area contributed by atoms with Crippen molar-refractivity contribution in [3.8, 4) is 5.75 Å². The molecule has 3 aromatic rings. The summed E-state index contributed by atoms with van der Waals surface area (Å²) >= 11 is 7.22. The number of hydrogen-bond acceptors (Lipinski definition) is 8. The molecule has 0 unspecified atom stereocenters. The van der Waals surface area contributed by atoms with Gasteiger partial charge in [0.2, 0.25) is 0 Å². The lowest BCUT2D eigenvalue weighted by Gasteiger charge is -2.12. The van der Waals surface area contributed by atoms with E-state index in [1.54, 1.807) is 37.3 Å². The van der Waals surface area contributed by atoms with E-state index in [4.69, 9.17) is 16.3 Å². The molecule has 0 radical (unpaired) electrons. The zero-order chi connectivity index (χ0) is 22.6. The Morgan fingerprint density at radius 2 is 1.90 bits per heavy atom. The smallest absolute Gasteiger partial charge is 0.295 e. The Labute approximate surface area is 187 Å². The monoisotopic (exact) mass is 480 g/mol. The molecule has 0 amide bonds. The summed E-state index contributed by atoms with van der Waals surface area (Å²) in [6.45, 7) is 1.72. The van der Waals surface area contributed by atoms with Crippen LogP contribution in [0.4, 0.5) is 17.1 Å². The van der Waals surface area contributed by atoms with Crippen molar-refractivity contribution >= 4 is 55.7 Å². The number of benzene rings is 2. The second kappa shape index (κ2) is 9.33. The van der Waals surface area contributed by atoms with Crippen molar-refractivity contribution in [2.75, 3.05) is 17.3 Å². The van der Waals surface area contributed by atoms with Crippen molar-refractivity contribution in [1.29, 1.82) is 0 Å². The summed E-state index contributed by atoms with van der Waals surface area (Å²) in [6.07, 6.45) is 0. The molecule has 2 aromatic carbocycles. The number of hydrogen-bond donors (Lipinski definition) is 2. The first-order valence-corrected chi connectivity index (χ1v) is 11.4. The molecule has 0 atom stereocenters. The Balaban J connectivity index is 1.90. The number of methoxy groups -OCH3 is 1. The van der Waals surface area contributed by atoms with Gasteiger partial charge in [0.25, 0.3) is 15.7 Å². The lowest BCUT2D eigenvalue weighted by atomic mass is 10.3. The van der Waals surface area contributed by atoms with E-state index >= 15 is 0 Å². The number of nitro benzene ring substituents is 1. The van der Waals surface area contributed by atoms with Crippen LogP contribution in [0, 0.1) is 10.1 Å². The van der Waals surface area contributed by atoms with E-state index in [1.165, 1.54) is 36.6 Å². The highest BCUT2D eigenvalue weighted by atomic mass is 35.5. The van der Waals surface area contributed by atoms with Crippen LogP contribution in [0.15, 0.2) is 64.6 Å². The first-order valence-electron chi connectivity index (χ1n) is 8.71. The Hall–Kier alpha value is -3.15. The molecule has 0 spiro atoms. The van der Waals surface area contributed by atoms with Crippen molar-refractivity contribution < 1.29 is 18.1 Å². The molecule has 1 aromatic heterocycles. The van der Waals surface area contributed by atoms with E-state index in [9.17, 15) is 18.5 Å². The molecule has 3 rings (SSSR count). The third-order valence-corrected chi connectivity index (χ3v) is 6.80. The molecule has 1 heterocycles. The third-order valence-electron chi connectivity index (χ3n) is 4.10. The second-order valence-corrected chi connectivity index (χ2v) is 9.55. The maximum Gasteiger partial charge on any atom is 0.295 e. The maximum absolute atomic E-state index is 12.8. The van der Waals surface area contributed by atoms with Crippen molar-refractivity contribution in [1.82, 2.24) is 0 Å². The predicted molar refractivity (Wildman–Crippen MR) is 122 cm³/mol. The van der Waals surface area contributed by atoms with Crippen LogP contribution in [0.25, 0.3) is 0 Å². The molecule has 0 aliphatic carbocycles. The third kappa shape index (κ3) is 5.32. The van der Waals surface area contributed by atoms with Crippen molar-refractivity contribution in [2.45, 2.75) is 11.8 Å². The van der Waals surface area contributed by atoms with Crippen molar-refractivity contribution in [3.05, 3.63) is 73.9 Å². The molecular formula is C19H17ClN4O5S2. The van der Waals surface area contributed by atoms with Crippen LogP contribution in [0.1, 0.15) is 11.8 Å². The first-order chi connectivity index (χ1) is 14.7. The minimum absolute atomic E-state index is 0.0447. The van der Waals surface area contributed by atoms with E-state index in [1.807, 2.05) is 0 Å². The number of nitrogens with one attached hydrogen (secondary N) is 2. The minimum Gasteiger partial charge on any atom is -0.495 e. The highest BCUT2D eigenvalue weighted by Gasteiger charge is 2.22. The SMILES string of the molecule is COc1ccccc1NS(=O)(=O)c1ccc(N/N=C(/C)c2ccc(Cl)s2)c([N+](=O)[O-])c1. The lowest BCUT2D eigenvalue weighted by molar-refractivity contribution is -0.384. The zero-order valence-corrected chi connectivity index (χ0v) is 18.7. The normalized spacial score (nSPS) is 11.8. The molecule has 31 heavy (non-hydrogen) atoms. The molecule has 0 fully saturated rings. The predicted octanol–water partition coefficient (Wildman–Crippen LogP) is 4.96. The zero-order valence-electron chi connectivity index (χ0n) is 16.3. The molecule has 0 aliphatic rings. The summed E-state index contributed by atoms with van der Waals surface area (Å²) in [5.41, 5.74) is 3.01. The number of nitrogens with zero attached hydrogens (tertiary/aromatic N) is 2. The standard InChI is InChI=1S/C19H17ClN4O5S2/c1-12(18-9-10-19(20)30-18)21-22-14-8-7-13(11-16(14)24(25)26)31(27,28)23-15-5-3-4-6-17(15)29-2/h3-11,22-23H,1-2H3/b21-12-. The first kappa shape index (κ1) is 22.5. The van der Waals surface area contributed by atoms with E-state index in [-0.39, 0.29) is 16.3 Å². The highest BCUT2D eigenvalue weighted by Crippen LogP contribution is 2.31. The number of nitro groups is 1. The van der Waals surface area contributed by atoms with Gasteiger partial charge < -0.3 is 4.74 Å². The number of anilines is 2. The average Bonchev–Trinajstić information content (AvgIpc) is 3.18. The summed E-state index contributed by atoms with van der Waals surface area (Å²) in [6, 6.07) is 13.4. The molecule has 162 valence electrons. The number of thiophene rings is 1. The van der Waals surface area contributed by atoms with Gasteiger partial charge in [0.15, 0.2) is 0 Å². The van der Waals surface area contributed by atoms with Gasteiger partial charge in [-0.15, -0.1) is 11.3 Å². The molecule has 2 N–H and O–H groups in total. The van der Waals surface area contributed by atoms with Crippen LogP contribution >= 0.6 is 22.9 Å². The second-order valence-electron chi connectivity index (χ2n) is 6.15. The fourth-order valence-corrected chi connectivity index (χ4v) is 4.64. The van der Waals surface area contributed by atoms with Gasteiger partial charge in [-0.05, 0) is 43.3 Å². The van der Waals surface area contributed by atoms with Crippen LogP contribution in [0.5, 0.6) is 5.75 Å². The summed E-state index contributed by atoms with van der Waals surface area (Å²) < 4.78 is 33.6. The molecule has 0 saturated carbocycles. The number of rotatable bonds is 8. The summed E-state index contributed by atoms with van der Waals surface area (Å²) in [4.78, 5) is 11.4. The number of para-hydroxylation sites is 2. The average molecular weight is 481 g/mol. The van der Waals surface area contributed by atoms with Crippen LogP contribution < -0.4 is 14.9 Å². The summed E-state index contributed by atoms with van der Waals surface area (Å²) in [5, 5.41) is 15.7. The Morgan fingerprint density at radius 1 is 1.16 bits per heavy atom. The van der Waals surface area contributed by atoms with Gasteiger partial charge in [-0.3, -0.25) is 20.3 Å². The summed E-state index contributed by atoms with van der Waals surface area (Å²) in [5.74, 6) is 0.317. The van der Waals surface area contributed by atoms with Crippen LogP contribution in [-0.4, -0.2) is 26.2 Å². The van der Waals surface area contributed by atoms with Crippen molar-refractivity contribution in [3.63, 3.8) is 0 Å². The maximum atomic E-state index is 12.8. The van der Waals surface area contributed by atoms with Crippen LogP contribution in [0.3, 0.4) is 0 Å². The largest absolute Gasteiger partial charge is 0.495 e. The van der Waals surface area contributed by atoms with Crippen LogP contribution in [0.2, 0.25) is 4.34 Å². The lowest BCUT2D eigenvalue weighted by Crippen LogP contribution is -2.14.